The van der Waals surface area contributed by atoms with Crippen molar-refractivity contribution < 1.29 is 9.90 Å². The maximum atomic E-state index is 11.8. The van der Waals surface area contributed by atoms with E-state index in [0.717, 1.165) is 0 Å². The average molecular weight is 207 g/mol. The summed E-state index contributed by atoms with van der Waals surface area (Å²) in [6.07, 6.45) is 1.50. The first-order chi connectivity index (χ1) is 7.22. The zero-order chi connectivity index (χ0) is 11.3. The summed E-state index contributed by atoms with van der Waals surface area (Å²) < 4.78 is 0. The molecule has 0 aliphatic rings. The van der Waals surface area contributed by atoms with Gasteiger partial charge in [0.1, 0.15) is 11.8 Å². The molecule has 0 bridgehead atoms. The number of hydrogen-bond donors (Lipinski definition) is 2. The summed E-state index contributed by atoms with van der Waals surface area (Å²) in [5, 5.41) is 17.3. The van der Waals surface area contributed by atoms with Crippen molar-refractivity contribution in [3.63, 3.8) is 0 Å². The van der Waals surface area contributed by atoms with Gasteiger partial charge in [-0.3, -0.25) is 4.79 Å². The Morgan fingerprint density at radius 1 is 1.73 bits per heavy atom. The largest absolute Gasteiger partial charge is 0.395 e. The lowest BCUT2D eigenvalue weighted by molar-refractivity contribution is 0.0732. The molecule has 0 aromatic carbocycles. The van der Waals surface area contributed by atoms with Crippen LogP contribution in [-0.2, 0) is 0 Å². The molecule has 1 heterocycles. The van der Waals surface area contributed by atoms with Crippen molar-refractivity contribution in [1.29, 1.82) is 5.26 Å². The highest BCUT2D eigenvalue weighted by Gasteiger charge is 2.14. The third-order valence-electron chi connectivity index (χ3n) is 2.09. The van der Waals surface area contributed by atoms with Crippen LogP contribution in [0.5, 0.6) is 0 Å². The number of carbonyl (C=O) groups is 1. The van der Waals surface area contributed by atoms with Crippen LogP contribution in [0.3, 0.4) is 0 Å². The van der Waals surface area contributed by atoms with E-state index in [4.69, 9.17) is 10.4 Å². The lowest BCUT2D eigenvalue weighted by atomic mass is 10.2. The Morgan fingerprint density at radius 3 is 2.93 bits per heavy atom. The molecule has 0 aliphatic heterocycles. The number of hydrogen-bond acceptors (Lipinski definition) is 3. The molecule has 80 valence electrons. The smallest absolute Gasteiger partial charge is 0.255 e. The van der Waals surface area contributed by atoms with E-state index >= 15 is 0 Å². The topological polar surface area (TPSA) is 80.1 Å². The SMILES string of the molecule is CCN(CCO)C(=O)c1c[nH]c(C#N)c1. The Bertz CT molecular complexity index is 378. The molecule has 0 saturated heterocycles. The van der Waals surface area contributed by atoms with Crippen molar-refractivity contribution in [1.82, 2.24) is 9.88 Å². The van der Waals surface area contributed by atoms with Gasteiger partial charge in [0, 0.05) is 19.3 Å². The second-order valence-electron chi connectivity index (χ2n) is 3.02. The Hall–Kier alpha value is -1.80. The van der Waals surface area contributed by atoms with Gasteiger partial charge >= 0.3 is 0 Å². The lowest BCUT2D eigenvalue weighted by Gasteiger charge is -2.18. The fourth-order valence-corrected chi connectivity index (χ4v) is 1.29. The zero-order valence-electron chi connectivity index (χ0n) is 8.53. The molecule has 0 atom stereocenters. The van der Waals surface area contributed by atoms with Gasteiger partial charge in [0.2, 0.25) is 0 Å². The van der Waals surface area contributed by atoms with Gasteiger partial charge in [0.25, 0.3) is 5.91 Å². The Kier molecular flexibility index (Phi) is 3.89. The number of aliphatic hydroxyl groups excluding tert-OH is 1. The molecule has 1 aromatic rings. The zero-order valence-corrected chi connectivity index (χ0v) is 8.53. The summed E-state index contributed by atoms with van der Waals surface area (Å²) in [6, 6.07) is 3.42. The number of nitrogens with one attached hydrogen (secondary N) is 1. The van der Waals surface area contributed by atoms with Gasteiger partial charge in [-0.15, -0.1) is 0 Å². The first-order valence-electron chi connectivity index (χ1n) is 4.71. The van der Waals surface area contributed by atoms with E-state index in [1.54, 1.807) is 0 Å². The van der Waals surface area contributed by atoms with E-state index in [-0.39, 0.29) is 12.5 Å². The van der Waals surface area contributed by atoms with Gasteiger partial charge in [-0.05, 0) is 13.0 Å². The number of nitriles is 1. The lowest BCUT2D eigenvalue weighted by Crippen LogP contribution is -2.33. The third-order valence-corrected chi connectivity index (χ3v) is 2.09. The number of H-pyrrole nitrogens is 1. The van der Waals surface area contributed by atoms with Crippen LogP contribution in [0.15, 0.2) is 12.3 Å². The second-order valence-corrected chi connectivity index (χ2v) is 3.02. The number of nitrogens with zero attached hydrogens (tertiary/aromatic N) is 2. The van der Waals surface area contributed by atoms with Crippen LogP contribution < -0.4 is 0 Å². The molecule has 0 saturated carbocycles. The highest BCUT2D eigenvalue weighted by Crippen LogP contribution is 2.06. The highest BCUT2D eigenvalue weighted by atomic mass is 16.3. The quantitative estimate of drug-likeness (QED) is 0.747. The summed E-state index contributed by atoms with van der Waals surface area (Å²) in [5.41, 5.74) is 0.806. The van der Waals surface area contributed by atoms with Crippen LogP contribution in [-0.4, -0.2) is 40.6 Å². The van der Waals surface area contributed by atoms with Crippen LogP contribution in [0.4, 0.5) is 0 Å². The first-order valence-corrected chi connectivity index (χ1v) is 4.71. The maximum absolute atomic E-state index is 11.8. The van der Waals surface area contributed by atoms with E-state index in [1.165, 1.54) is 17.2 Å². The minimum absolute atomic E-state index is 0.0604. The maximum Gasteiger partial charge on any atom is 0.255 e. The molecule has 15 heavy (non-hydrogen) atoms. The van der Waals surface area contributed by atoms with E-state index in [9.17, 15) is 4.79 Å². The fraction of sp³-hybridized carbons (Fsp3) is 0.400. The Labute approximate surface area is 87.9 Å². The number of amides is 1. The molecule has 0 aliphatic carbocycles. The molecule has 1 aromatic heterocycles. The van der Waals surface area contributed by atoms with Crippen molar-refractivity contribution in [3.8, 4) is 6.07 Å². The molecular formula is C10H13N3O2. The van der Waals surface area contributed by atoms with Crippen LogP contribution in [0.1, 0.15) is 23.0 Å². The average Bonchev–Trinajstić information content (AvgIpc) is 2.73. The number of likely N-dealkylation sites (N-methyl/N-ethyl adjacent to an activating group) is 1. The van der Waals surface area contributed by atoms with Crippen molar-refractivity contribution in [3.05, 3.63) is 23.5 Å². The van der Waals surface area contributed by atoms with E-state index in [1.807, 2.05) is 13.0 Å². The summed E-state index contributed by atoms with van der Waals surface area (Å²) in [4.78, 5) is 16.0. The third kappa shape index (κ3) is 2.58. The van der Waals surface area contributed by atoms with E-state index in [2.05, 4.69) is 4.98 Å². The van der Waals surface area contributed by atoms with Crippen molar-refractivity contribution >= 4 is 5.91 Å². The molecular weight excluding hydrogens is 194 g/mol. The predicted octanol–water partition coefficient (Wildman–Crippen LogP) is 0.341. The molecule has 0 spiro atoms. The van der Waals surface area contributed by atoms with Gasteiger partial charge < -0.3 is 15.0 Å². The van der Waals surface area contributed by atoms with Gasteiger partial charge in [-0.2, -0.15) is 5.26 Å². The normalized spacial score (nSPS) is 9.67. The molecule has 1 rings (SSSR count). The molecule has 2 N–H and O–H groups in total. The molecule has 0 fully saturated rings. The number of aliphatic hydroxyl groups is 1. The van der Waals surface area contributed by atoms with Gasteiger partial charge in [-0.1, -0.05) is 0 Å². The van der Waals surface area contributed by atoms with Crippen molar-refractivity contribution in [2.45, 2.75) is 6.92 Å². The predicted molar refractivity (Wildman–Crippen MR) is 54.2 cm³/mol. The fourth-order valence-electron chi connectivity index (χ4n) is 1.29. The molecule has 5 heteroatoms. The second kappa shape index (κ2) is 5.17. The first kappa shape index (κ1) is 11.3. The van der Waals surface area contributed by atoms with Gasteiger partial charge in [0.05, 0.1) is 12.2 Å². The summed E-state index contributed by atoms with van der Waals surface area (Å²) in [6.45, 7) is 2.62. The van der Waals surface area contributed by atoms with Gasteiger partial charge in [0.15, 0.2) is 0 Å². The van der Waals surface area contributed by atoms with Gasteiger partial charge in [-0.25, -0.2) is 0 Å². The van der Waals surface area contributed by atoms with Crippen LogP contribution in [0, 0.1) is 11.3 Å². The van der Waals surface area contributed by atoms with Crippen molar-refractivity contribution in [2.75, 3.05) is 19.7 Å². The van der Waals surface area contributed by atoms with E-state index < -0.39 is 0 Å². The standard InChI is InChI=1S/C10H13N3O2/c1-2-13(3-4-14)10(15)8-5-9(6-11)12-7-8/h5,7,12,14H,2-4H2,1H3. The minimum Gasteiger partial charge on any atom is -0.395 e. The highest BCUT2D eigenvalue weighted by molar-refractivity contribution is 5.94. The Morgan fingerprint density at radius 2 is 2.47 bits per heavy atom. The van der Waals surface area contributed by atoms with Crippen LogP contribution in [0.2, 0.25) is 0 Å². The molecule has 0 unspecified atom stereocenters. The summed E-state index contributed by atoms with van der Waals surface area (Å²) in [7, 11) is 0. The van der Waals surface area contributed by atoms with E-state index in [0.29, 0.717) is 24.3 Å². The van der Waals surface area contributed by atoms with Crippen molar-refractivity contribution in [2.24, 2.45) is 0 Å². The Balaban J connectivity index is 2.79. The number of aromatic nitrogens is 1. The summed E-state index contributed by atoms with van der Waals surface area (Å²) >= 11 is 0. The number of rotatable bonds is 4. The molecule has 1 amide bonds. The number of carbonyl (C=O) groups excluding carboxylic acids is 1. The summed E-state index contributed by atoms with van der Waals surface area (Å²) in [5.74, 6) is -0.177. The monoisotopic (exact) mass is 207 g/mol. The van der Waals surface area contributed by atoms with Crippen LogP contribution >= 0.6 is 0 Å². The number of aromatic amines is 1. The van der Waals surface area contributed by atoms with Crippen LogP contribution in [0.25, 0.3) is 0 Å². The minimum atomic E-state index is -0.177. The molecule has 0 radical (unpaired) electrons. The molecule has 5 nitrogen and oxygen atoms in total.